The molecule has 184 valence electrons. The summed E-state index contributed by atoms with van der Waals surface area (Å²) in [5, 5.41) is 10.4. The number of aliphatic carboxylic acids is 1. The highest BCUT2D eigenvalue weighted by Crippen LogP contribution is 2.36. The molecule has 0 bridgehead atoms. The summed E-state index contributed by atoms with van der Waals surface area (Å²) < 4.78 is 41.6. The van der Waals surface area contributed by atoms with Crippen molar-refractivity contribution in [3.8, 4) is 0 Å². The molecule has 1 atom stereocenters. The minimum absolute atomic E-state index is 0.0168. The van der Waals surface area contributed by atoms with Gasteiger partial charge in [0.25, 0.3) is 5.91 Å². The second-order valence-corrected chi connectivity index (χ2v) is 9.35. The van der Waals surface area contributed by atoms with Crippen LogP contribution in [0.1, 0.15) is 32.7 Å². The van der Waals surface area contributed by atoms with Gasteiger partial charge in [0.05, 0.1) is 22.1 Å². The fourth-order valence-corrected chi connectivity index (χ4v) is 4.91. The van der Waals surface area contributed by atoms with E-state index in [4.69, 9.17) is 23.2 Å². The van der Waals surface area contributed by atoms with Crippen LogP contribution in [-0.2, 0) is 24.4 Å². The van der Waals surface area contributed by atoms with Gasteiger partial charge in [-0.15, -0.1) is 0 Å². The van der Waals surface area contributed by atoms with Crippen LogP contribution in [0.5, 0.6) is 0 Å². The number of alkyl halides is 3. The zero-order chi connectivity index (χ0) is 25.7. The molecule has 1 N–H and O–H groups in total. The lowest BCUT2D eigenvalue weighted by atomic mass is 10.0. The molecule has 10 heteroatoms. The summed E-state index contributed by atoms with van der Waals surface area (Å²) >= 11 is 13.0. The molecule has 4 rings (SSSR count). The SMILES string of the molecule is Cc1cc(C(F)(F)F)cc2c1cc(Cc1c(Cl)ccc(C(=O)N3CC=CC(C(=O)O)C3)c1Cl)n2C. The number of carbonyl (C=O) groups excluding carboxylic acids is 1. The molecule has 3 aromatic rings. The Morgan fingerprint density at radius 3 is 2.54 bits per heavy atom. The molecule has 0 saturated carbocycles. The lowest BCUT2D eigenvalue weighted by Gasteiger charge is -2.27. The highest BCUT2D eigenvalue weighted by atomic mass is 35.5. The smallest absolute Gasteiger partial charge is 0.416 e. The molecule has 0 fully saturated rings. The van der Waals surface area contributed by atoms with Crippen LogP contribution in [0, 0.1) is 12.8 Å². The van der Waals surface area contributed by atoms with Gasteiger partial charge in [-0.1, -0.05) is 35.4 Å². The van der Waals surface area contributed by atoms with E-state index in [-0.39, 0.29) is 30.1 Å². The number of carboxylic acid groups (broad SMARTS) is 1. The zero-order valence-corrected chi connectivity index (χ0v) is 20.3. The average molecular weight is 525 g/mol. The lowest BCUT2D eigenvalue weighted by Crippen LogP contribution is -2.40. The number of hydrogen-bond donors (Lipinski definition) is 1. The Kier molecular flexibility index (Phi) is 6.64. The van der Waals surface area contributed by atoms with Gasteiger partial charge in [-0.25, -0.2) is 0 Å². The normalized spacial score (nSPS) is 16.2. The van der Waals surface area contributed by atoms with Gasteiger partial charge in [0.1, 0.15) is 0 Å². The molecular weight excluding hydrogens is 504 g/mol. The first-order valence-corrected chi connectivity index (χ1v) is 11.5. The monoisotopic (exact) mass is 524 g/mol. The summed E-state index contributed by atoms with van der Waals surface area (Å²) in [4.78, 5) is 25.9. The van der Waals surface area contributed by atoms with Crippen molar-refractivity contribution in [2.45, 2.75) is 19.5 Å². The molecule has 2 aromatic carbocycles. The van der Waals surface area contributed by atoms with Gasteiger partial charge in [-0.05, 0) is 48.4 Å². The van der Waals surface area contributed by atoms with E-state index < -0.39 is 29.5 Å². The van der Waals surface area contributed by atoms with Crippen LogP contribution in [0.2, 0.25) is 10.0 Å². The van der Waals surface area contributed by atoms with Crippen molar-refractivity contribution in [1.82, 2.24) is 9.47 Å². The molecule has 5 nitrogen and oxygen atoms in total. The first-order chi connectivity index (χ1) is 16.4. The minimum Gasteiger partial charge on any atom is -0.481 e. The molecule has 1 unspecified atom stereocenters. The van der Waals surface area contributed by atoms with Crippen LogP contribution in [0.25, 0.3) is 10.9 Å². The highest BCUT2D eigenvalue weighted by Gasteiger charge is 2.32. The van der Waals surface area contributed by atoms with Crippen LogP contribution in [0.3, 0.4) is 0 Å². The van der Waals surface area contributed by atoms with Crippen molar-refractivity contribution < 1.29 is 27.9 Å². The third-order valence-corrected chi connectivity index (χ3v) is 7.07. The summed E-state index contributed by atoms with van der Waals surface area (Å²) in [6.07, 6.45) is -1.11. The van der Waals surface area contributed by atoms with Crippen molar-refractivity contribution in [3.63, 3.8) is 0 Å². The molecule has 1 aliphatic rings. The average Bonchev–Trinajstić information content (AvgIpc) is 3.11. The molecule has 0 aliphatic carbocycles. The van der Waals surface area contributed by atoms with Crippen molar-refractivity contribution in [1.29, 1.82) is 0 Å². The Hall–Kier alpha value is -2.97. The van der Waals surface area contributed by atoms with Crippen LogP contribution < -0.4 is 0 Å². The van der Waals surface area contributed by atoms with Crippen molar-refractivity contribution >= 4 is 46.0 Å². The van der Waals surface area contributed by atoms with Gasteiger partial charge in [-0.2, -0.15) is 13.2 Å². The molecular formula is C25H21Cl2F3N2O3. The zero-order valence-electron chi connectivity index (χ0n) is 18.8. The standard InChI is InChI=1S/C25H21Cl2F3N2O3/c1-13-8-15(25(28,29)30)9-21-18(13)10-16(31(21)2)11-19-20(26)6-5-17(22(19)27)23(33)32-7-3-4-14(12-32)24(34)35/h3-6,8-10,14H,7,11-12H2,1-2H3,(H,34,35). The first kappa shape index (κ1) is 25.1. The van der Waals surface area contributed by atoms with Gasteiger partial charge in [0.15, 0.2) is 0 Å². The Morgan fingerprint density at radius 1 is 1.17 bits per heavy atom. The highest BCUT2D eigenvalue weighted by molar-refractivity contribution is 6.38. The van der Waals surface area contributed by atoms with E-state index in [0.717, 1.165) is 12.1 Å². The van der Waals surface area contributed by atoms with Crippen molar-refractivity contribution in [2.24, 2.45) is 13.0 Å². The van der Waals surface area contributed by atoms with E-state index in [1.165, 1.54) is 11.0 Å². The Morgan fingerprint density at radius 2 is 1.89 bits per heavy atom. The lowest BCUT2D eigenvalue weighted by molar-refractivity contribution is -0.140. The summed E-state index contributed by atoms with van der Waals surface area (Å²) in [7, 11) is 1.67. The molecule has 0 saturated heterocycles. The summed E-state index contributed by atoms with van der Waals surface area (Å²) in [5.41, 5.74) is 1.49. The third kappa shape index (κ3) is 4.77. The maximum atomic E-state index is 13.3. The molecule has 1 aliphatic heterocycles. The summed E-state index contributed by atoms with van der Waals surface area (Å²) in [6.45, 7) is 1.89. The fraction of sp³-hybridized carbons (Fsp3) is 0.280. The van der Waals surface area contributed by atoms with E-state index in [0.29, 0.717) is 32.7 Å². The topological polar surface area (TPSA) is 62.5 Å². The molecule has 1 aromatic heterocycles. The number of aromatic nitrogens is 1. The minimum atomic E-state index is -4.46. The quantitative estimate of drug-likeness (QED) is 0.418. The van der Waals surface area contributed by atoms with E-state index in [1.54, 1.807) is 42.8 Å². The number of fused-ring (bicyclic) bond motifs is 1. The van der Waals surface area contributed by atoms with Crippen LogP contribution in [0.4, 0.5) is 13.2 Å². The van der Waals surface area contributed by atoms with E-state index in [2.05, 4.69) is 0 Å². The number of carbonyl (C=O) groups is 2. The predicted octanol–water partition coefficient (Wildman–Crippen LogP) is 6.12. The largest absolute Gasteiger partial charge is 0.481 e. The van der Waals surface area contributed by atoms with Gasteiger partial charge in [0, 0.05) is 48.2 Å². The van der Waals surface area contributed by atoms with E-state index in [9.17, 15) is 27.9 Å². The molecule has 1 amide bonds. The second kappa shape index (κ2) is 9.24. The number of halogens is 5. The van der Waals surface area contributed by atoms with Crippen molar-refractivity contribution in [3.05, 3.63) is 80.5 Å². The number of benzene rings is 2. The third-order valence-electron chi connectivity index (χ3n) is 6.29. The number of nitrogens with zero attached hydrogens (tertiary/aromatic N) is 2. The van der Waals surface area contributed by atoms with E-state index in [1.807, 2.05) is 0 Å². The molecule has 0 radical (unpaired) electrons. The van der Waals surface area contributed by atoms with E-state index >= 15 is 0 Å². The number of rotatable bonds is 4. The summed E-state index contributed by atoms with van der Waals surface area (Å²) in [6, 6.07) is 7.05. The maximum Gasteiger partial charge on any atom is 0.416 e. The Labute approximate surface area is 209 Å². The first-order valence-electron chi connectivity index (χ1n) is 10.7. The van der Waals surface area contributed by atoms with Crippen LogP contribution in [-0.4, -0.2) is 39.5 Å². The molecule has 0 spiro atoms. The van der Waals surface area contributed by atoms with Gasteiger partial charge in [-0.3, -0.25) is 9.59 Å². The van der Waals surface area contributed by atoms with Crippen LogP contribution in [0.15, 0.2) is 42.5 Å². The van der Waals surface area contributed by atoms with Crippen LogP contribution >= 0.6 is 23.2 Å². The number of hydrogen-bond acceptors (Lipinski definition) is 2. The molecule has 35 heavy (non-hydrogen) atoms. The van der Waals surface area contributed by atoms with Gasteiger partial charge in [0.2, 0.25) is 0 Å². The summed E-state index contributed by atoms with van der Waals surface area (Å²) in [5.74, 6) is -2.26. The van der Waals surface area contributed by atoms with Crippen molar-refractivity contribution in [2.75, 3.05) is 13.1 Å². The number of aryl methyl sites for hydroxylation is 2. The Bertz CT molecular complexity index is 1380. The fourth-order valence-electron chi connectivity index (χ4n) is 4.32. The molecule has 2 heterocycles. The van der Waals surface area contributed by atoms with Gasteiger partial charge < -0.3 is 14.6 Å². The predicted molar refractivity (Wildman–Crippen MR) is 128 cm³/mol. The van der Waals surface area contributed by atoms with Gasteiger partial charge >= 0.3 is 12.1 Å². The Balaban J connectivity index is 1.70. The second-order valence-electron chi connectivity index (χ2n) is 8.57. The number of amides is 1. The maximum absolute atomic E-state index is 13.3. The number of carboxylic acids is 1.